The number of fused-ring (bicyclic) bond motifs is 1. The van der Waals surface area contributed by atoms with Crippen molar-refractivity contribution in [2.75, 3.05) is 19.0 Å². The molecule has 0 spiro atoms. The van der Waals surface area contributed by atoms with E-state index in [4.69, 9.17) is 9.72 Å². The molecule has 0 saturated carbocycles. The number of carbonyl (C=O) groups excluding carboxylic acids is 1. The number of carboxylic acid groups (broad SMARTS) is 1. The number of methoxy groups -OCH3 is 1. The number of aliphatic carboxylic acids is 1. The number of aryl methyl sites for hydroxylation is 3. The fourth-order valence-electron chi connectivity index (χ4n) is 4.91. The average molecular weight is 544 g/mol. The van der Waals surface area contributed by atoms with Crippen molar-refractivity contribution in [3.05, 3.63) is 95.1 Å². The van der Waals surface area contributed by atoms with Gasteiger partial charge in [-0.3, -0.25) is 14.3 Å². The normalized spacial score (nSPS) is 13.2. The molecule has 0 aliphatic carbocycles. The van der Waals surface area contributed by atoms with Gasteiger partial charge in [0.1, 0.15) is 5.82 Å². The van der Waals surface area contributed by atoms with E-state index in [0.717, 1.165) is 36.5 Å². The molecule has 0 unspecified atom stereocenters. The number of anilines is 1. The molecule has 2 aromatic carbocycles. The zero-order valence-electron chi connectivity index (χ0n) is 22.1. The fraction of sp³-hybridized carbons (Fsp3) is 0.267. The molecular formula is C30H30FN5O4. The average Bonchev–Trinajstić information content (AvgIpc) is 3.40. The fourth-order valence-corrected chi connectivity index (χ4v) is 4.91. The Hall–Kier alpha value is -4.73. The monoisotopic (exact) mass is 543 g/mol. The first-order chi connectivity index (χ1) is 19.4. The van der Waals surface area contributed by atoms with E-state index in [2.05, 4.69) is 21.8 Å². The van der Waals surface area contributed by atoms with E-state index in [1.54, 1.807) is 4.68 Å². The summed E-state index contributed by atoms with van der Waals surface area (Å²) in [6.07, 6.45) is 3.76. The van der Waals surface area contributed by atoms with Gasteiger partial charge in [-0.05, 0) is 42.2 Å². The zero-order valence-corrected chi connectivity index (χ0v) is 22.1. The Morgan fingerprint density at radius 3 is 2.75 bits per heavy atom. The van der Waals surface area contributed by atoms with Crippen molar-refractivity contribution in [3.8, 4) is 17.0 Å². The highest BCUT2D eigenvalue weighted by Crippen LogP contribution is 2.28. The van der Waals surface area contributed by atoms with Crippen LogP contribution in [-0.2, 0) is 24.2 Å². The molecule has 206 valence electrons. The topological polar surface area (TPSA) is 118 Å². The molecule has 4 aromatic rings. The van der Waals surface area contributed by atoms with Gasteiger partial charge in [-0.2, -0.15) is 5.10 Å². The number of halogens is 1. The van der Waals surface area contributed by atoms with E-state index in [-0.39, 0.29) is 11.3 Å². The minimum atomic E-state index is -1.13. The third-order valence-corrected chi connectivity index (χ3v) is 6.93. The number of amides is 1. The van der Waals surface area contributed by atoms with Gasteiger partial charge in [0.2, 0.25) is 0 Å². The van der Waals surface area contributed by atoms with E-state index < -0.39 is 30.2 Å². The summed E-state index contributed by atoms with van der Waals surface area (Å²) in [4.78, 5) is 29.9. The van der Waals surface area contributed by atoms with E-state index >= 15 is 0 Å². The van der Waals surface area contributed by atoms with E-state index in [1.165, 1.54) is 37.1 Å². The Labute approximate surface area is 231 Å². The lowest BCUT2D eigenvalue weighted by Crippen LogP contribution is -2.30. The number of hydrogen-bond donors (Lipinski definition) is 3. The molecule has 1 aliphatic heterocycles. The molecule has 3 heterocycles. The number of hydrogen-bond acceptors (Lipinski definition) is 6. The zero-order chi connectivity index (χ0) is 28.1. The Kier molecular flexibility index (Phi) is 8.04. The molecule has 2 aromatic heterocycles. The van der Waals surface area contributed by atoms with Gasteiger partial charge in [-0.1, -0.05) is 42.5 Å². The quantitative estimate of drug-likeness (QED) is 0.267. The molecule has 3 N–H and O–H groups in total. The minimum absolute atomic E-state index is 0.0287. The Balaban J connectivity index is 1.42. The molecule has 40 heavy (non-hydrogen) atoms. The van der Waals surface area contributed by atoms with Gasteiger partial charge in [-0.15, -0.1) is 0 Å². The molecule has 1 atom stereocenters. The van der Waals surface area contributed by atoms with Gasteiger partial charge in [-0.25, -0.2) is 9.37 Å². The smallest absolute Gasteiger partial charge is 0.305 e. The van der Waals surface area contributed by atoms with Crippen LogP contribution in [0.4, 0.5) is 10.2 Å². The van der Waals surface area contributed by atoms with Crippen LogP contribution in [0, 0.1) is 5.82 Å². The molecule has 0 saturated heterocycles. The first-order valence-electron chi connectivity index (χ1n) is 13.1. The number of carboxylic acids is 1. The maximum Gasteiger partial charge on any atom is 0.305 e. The Bertz CT molecular complexity index is 1520. The summed E-state index contributed by atoms with van der Waals surface area (Å²) >= 11 is 0. The van der Waals surface area contributed by atoms with E-state index in [1.807, 2.05) is 36.4 Å². The predicted molar refractivity (Wildman–Crippen MR) is 148 cm³/mol. The van der Waals surface area contributed by atoms with E-state index in [9.17, 15) is 19.1 Å². The van der Waals surface area contributed by atoms with Crippen LogP contribution in [0.1, 0.15) is 46.1 Å². The Morgan fingerprint density at radius 2 is 2.00 bits per heavy atom. The summed E-state index contributed by atoms with van der Waals surface area (Å²) in [6.45, 7) is 1.39. The lowest BCUT2D eigenvalue weighted by Gasteiger charge is -2.19. The Morgan fingerprint density at radius 1 is 1.18 bits per heavy atom. The predicted octanol–water partition coefficient (Wildman–Crippen LogP) is 4.64. The van der Waals surface area contributed by atoms with Gasteiger partial charge in [0.05, 0.1) is 37.0 Å². The van der Waals surface area contributed by atoms with Crippen molar-refractivity contribution in [1.82, 2.24) is 20.1 Å². The van der Waals surface area contributed by atoms with Crippen molar-refractivity contribution in [2.45, 2.75) is 38.3 Å². The summed E-state index contributed by atoms with van der Waals surface area (Å²) in [7, 11) is 1.34. The molecule has 0 radical (unpaired) electrons. The summed E-state index contributed by atoms with van der Waals surface area (Å²) < 4.78 is 21.1. The number of pyridine rings is 1. The third-order valence-electron chi connectivity index (χ3n) is 6.93. The molecule has 0 bridgehead atoms. The van der Waals surface area contributed by atoms with Crippen LogP contribution in [-0.4, -0.2) is 45.4 Å². The lowest BCUT2D eigenvalue weighted by molar-refractivity contribution is -0.137. The second-order valence-corrected chi connectivity index (χ2v) is 9.60. The van der Waals surface area contributed by atoms with Gasteiger partial charge >= 0.3 is 5.97 Å². The van der Waals surface area contributed by atoms with Gasteiger partial charge in [0.25, 0.3) is 5.91 Å². The maximum absolute atomic E-state index is 14.4. The van der Waals surface area contributed by atoms with Crippen LogP contribution >= 0.6 is 0 Å². The third kappa shape index (κ3) is 5.96. The largest absolute Gasteiger partial charge is 0.494 e. The van der Waals surface area contributed by atoms with Crippen molar-refractivity contribution in [2.24, 2.45) is 0 Å². The minimum Gasteiger partial charge on any atom is -0.494 e. The molecule has 0 fully saturated rings. The summed E-state index contributed by atoms with van der Waals surface area (Å²) in [6, 6.07) is 16.7. The van der Waals surface area contributed by atoms with E-state index in [0.29, 0.717) is 24.2 Å². The summed E-state index contributed by atoms with van der Waals surface area (Å²) in [5, 5.41) is 20.1. The van der Waals surface area contributed by atoms with Gasteiger partial charge in [0, 0.05) is 30.8 Å². The highest BCUT2D eigenvalue weighted by molar-refractivity contribution is 6.00. The van der Waals surface area contributed by atoms with Crippen LogP contribution in [0.2, 0.25) is 0 Å². The number of nitrogens with zero attached hydrogens (tertiary/aromatic N) is 3. The van der Waals surface area contributed by atoms with Crippen LogP contribution in [0.25, 0.3) is 11.3 Å². The second-order valence-electron chi connectivity index (χ2n) is 9.60. The number of benzene rings is 2. The molecule has 1 amide bonds. The highest BCUT2D eigenvalue weighted by Gasteiger charge is 2.25. The number of rotatable bonds is 10. The van der Waals surface area contributed by atoms with Crippen LogP contribution in [0.15, 0.2) is 66.9 Å². The number of nitrogens with one attached hydrogen (secondary N) is 2. The highest BCUT2D eigenvalue weighted by atomic mass is 19.1. The number of ether oxygens (including phenoxy) is 1. The number of carbonyl (C=O) groups is 2. The molecule has 10 heteroatoms. The first kappa shape index (κ1) is 26.9. The van der Waals surface area contributed by atoms with Crippen molar-refractivity contribution < 1.29 is 23.8 Å². The molecule has 5 rings (SSSR count). The van der Waals surface area contributed by atoms with Crippen LogP contribution in [0.3, 0.4) is 0 Å². The SMILES string of the molecule is COc1ccc([C@H](CC(=O)O)NC(=O)c2cnn(CCc3ccc4c(n3)NCCC4)c2-c2ccccc2)cc1F. The summed E-state index contributed by atoms with van der Waals surface area (Å²) in [5.74, 6) is -1.34. The molecule has 1 aliphatic rings. The molecule has 9 nitrogen and oxygen atoms in total. The standard InChI is InChI=1S/C30H30FN5O4/c1-40-26-12-10-21(16-24(26)31)25(17-27(37)38)35-30(39)23-18-33-36(28(23)19-6-3-2-4-7-19)15-13-22-11-9-20-8-5-14-32-29(20)34-22/h2-4,6-7,9-12,16,18,25H,5,8,13-15,17H2,1H3,(H,32,34)(H,35,39)(H,37,38)/t25-/m0/s1. The van der Waals surface area contributed by atoms with Crippen molar-refractivity contribution in [3.63, 3.8) is 0 Å². The maximum atomic E-state index is 14.4. The lowest BCUT2D eigenvalue weighted by atomic mass is 10.0. The summed E-state index contributed by atoms with van der Waals surface area (Å²) in [5.41, 5.74) is 4.12. The van der Waals surface area contributed by atoms with Gasteiger partial charge in [0.15, 0.2) is 11.6 Å². The van der Waals surface area contributed by atoms with Crippen LogP contribution < -0.4 is 15.4 Å². The van der Waals surface area contributed by atoms with Gasteiger partial charge < -0.3 is 20.5 Å². The van der Waals surface area contributed by atoms with Crippen molar-refractivity contribution >= 4 is 17.7 Å². The number of aromatic nitrogens is 3. The second kappa shape index (κ2) is 12.0. The molecular weight excluding hydrogens is 513 g/mol. The first-order valence-corrected chi connectivity index (χ1v) is 13.1. The van der Waals surface area contributed by atoms with Crippen molar-refractivity contribution in [1.29, 1.82) is 0 Å². The van der Waals surface area contributed by atoms with Crippen LogP contribution in [0.5, 0.6) is 5.75 Å².